The van der Waals surface area contributed by atoms with Crippen molar-refractivity contribution >= 4 is 23.7 Å². The lowest BCUT2D eigenvalue weighted by atomic mass is 10.2. The summed E-state index contributed by atoms with van der Waals surface area (Å²) >= 11 is 6.03. The van der Waals surface area contributed by atoms with E-state index in [0.29, 0.717) is 34.1 Å². The van der Waals surface area contributed by atoms with Crippen molar-refractivity contribution < 1.29 is 28.1 Å². The Kier molecular flexibility index (Phi) is 6.42. The Balaban J connectivity index is 1.40. The van der Waals surface area contributed by atoms with E-state index in [0.717, 1.165) is 0 Å². The number of nitrogens with zero attached hydrogens (tertiary/aromatic N) is 1. The highest BCUT2D eigenvalue weighted by Crippen LogP contribution is 2.32. The van der Waals surface area contributed by atoms with Crippen molar-refractivity contribution in [2.75, 3.05) is 13.9 Å². The lowest BCUT2D eigenvalue weighted by Gasteiger charge is -2.12. The second-order valence-electron chi connectivity index (χ2n) is 6.67. The van der Waals surface area contributed by atoms with Gasteiger partial charge in [0.05, 0.1) is 18.3 Å². The van der Waals surface area contributed by atoms with Gasteiger partial charge in [0.1, 0.15) is 12.4 Å². The van der Waals surface area contributed by atoms with Crippen molar-refractivity contribution in [1.29, 1.82) is 0 Å². The highest BCUT2D eigenvalue weighted by atomic mass is 35.5. The van der Waals surface area contributed by atoms with Gasteiger partial charge in [0.25, 0.3) is 5.91 Å². The third-order valence-corrected chi connectivity index (χ3v) is 4.99. The number of rotatable bonds is 7. The van der Waals surface area contributed by atoms with E-state index in [1.54, 1.807) is 42.5 Å². The number of benzene rings is 3. The van der Waals surface area contributed by atoms with Gasteiger partial charge in [-0.3, -0.25) is 4.79 Å². The van der Waals surface area contributed by atoms with Gasteiger partial charge in [-0.15, -0.1) is 0 Å². The van der Waals surface area contributed by atoms with Crippen molar-refractivity contribution in [1.82, 2.24) is 5.43 Å². The largest absolute Gasteiger partial charge is 0.493 e. The molecule has 1 aliphatic heterocycles. The molecule has 0 aliphatic carbocycles. The molecule has 0 bridgehead atoms. The fourth-order valence-corrected chi connectivity index (χ4v) is 3.19. The van der Waals surface area contributed by atoms with Crippen molar-refractivity contribution in [3.05, 3.63) is 82.1 Å². The average molecular weight is 457 g/mol. The summed E-state index contributed by atoms with van der Waals surface area (Å²) in [5.74, 6) is 1.10. The molecule has 0 saturated heterocycles. The molecule has 32 heavy (non-hydrogen) atoms. The Bertz CT molecular complexity index is 1160. The number of amides is 1. The van der Waals surface area contributed by atoms with Crippen LogP contribution in [0.15, 0.2) is 59.7 Å². The van der Waals surface area contributed by atoms with Gasteiger partial charge in [-0.1, -0.05) is 17.7 Å². The molecule has 1 N–H and O–H groups in total. The minimum absolute atomic E-state index is 0.0547. The molecule has 3 aromatic carbocycles. The van der Waals surface area contributed by atoms with Crippen molar-refractivity contribution in [3.8, 4) is 23.0 Å². The van der Waals surface area contributed by atoms with E-state index in [1.807, 2.05) is 0 Å². The Hall–Kier alpha value is -3.78. The summed E-state index contributed by atoms with van der Waals surface area (Å²) in [5.41, 5.74) is 3.76. The Morgan fingerprint density at radius 1 is 1.16 bits per heavy atom. The molecule has 1 heterocycles. The first-order valence-electron chi connectivity index (χ1n) is 9.52. The fourth-order valence-electron chi connectivity index (χ4n) is 2.97. The maximum absolute atomic E-state index is 13.9. The summed E-state index contributed by atoms with van der Waals surface area (Å²) in [4.78, 5) is 12.3. The molecule has 0 radical (unpaired) electrons. The maximum Gasteiger partial charge on any atom is 0.271 e. The van der Waals surface area contributed by atoms with Crippen molar-refractivity contribution in [2.45, 2.75) is 6.61 Å². The molecule has 1 amide bonds. The van der Waals surface area contributed by atoms with Crippen LogP contribution in [-0.4, -0.2) is 26.0 Å². The minimum atomic E-state index is -0.446. The molecule has 0 spiro atoms. The van der Waals surface area contributed by atoms with Crippen LogP contribution in [0.3, 0.4) is 0 Å². The number of ether oxygens (including phenoxy) is 4. The number of halogens is 2. The maximum atomic E-state index is 13.9. The monoisotopic (exact) mass is 456 g/mol. The summed E-state index contributed by atoms with van der Waals surface area (Å²) in [6, 6.07) is 14.4. The van der Waals surface area contributed by atoms with Crippen molar-refractivity contribution in [3.63, 3.8) is 0 Å². The molecule has 1 aliphatic rings. The van der Waals surface area contributed by atoms with Crippen LogP contribution in [0.4, 0.5) is 4.39 Å². The van der Waals surface area contributed by atoms with Gasteiger partial charge in [-0.25, -0.2) is 9.82 Å². The number of carbonyl (C=O) groups is 1. The SMILES string of the molecule is COc1cc(/C=N\NC(=O)c2ccc3c(c2)OCO3)ccc1OCc1c(F)cccc1Cl. The zero-order chi connectivity index (χ0) is 22.5. The fraction of sp³-hybridized carbons (Fsp3) is 0.130. The van der Waals surface area contributed by atoms with Crippen LogP contribution in [0.1, 0.15) is 21.5 Å². The smallest absolute Gasteiger partial charge is 0.271 e. The number of methoxy groups -OCH3 is 1. The zero-order valence-electron chi connectivity index (χ0n) is 16.9. The van der Waals surface area contributed by atoms with Crippen LogP contribution in [-0.2, 0) is 6.61 Å². The summed E-state index contributed by atoms with van der Waals surface area (Å²) in [7, 11) is 1.49. The van der Waals surface area contributed by atoms with Gasteiger partial charge < -0.3 is 18.9 Å². The molecular formula is C23H18ClFN2O5. The number of carbonyl (C=O) groups excluding carboxylic acids is 1. The van der Waals surface area contributed by atoms with Gasteiger partial charge in [-0.05, 0) is 54.1 Å². The van der Waals surface area contributed by atoms with E-state index in [4.69, 9.17) is 30.5 Å². The van der Waals surface area contributed by atoms with Crippen LogP contribution in [0.2, 0.25) is 5.02 Å². The first kappa shape index (κ1) is 21.5. The van der Waals surface area contributed by atoms with E-state index in [-0.39, 0.29) is 24.0 Å². The first-order chi connectivity index (χ1) is 15.5. The molecular weight excluding hydrogens is 439 g/mol. The molecule has 0 atom stereocenters. The molecule has 3 aromatic rings. The van der Waals surface area contributed by atoms with E-state index in [2.05, 4.69) is 10.5 Å². The van der Waals surface area contributed by atoms with Gasteiger partial charge in [0, 0.05) is 11.1 Å². The third kappa shape index (κ3) is 4.76. The highest BCUT2D eigenvalue weighted by molar-refractivity contribution is 6.31. The predicted octanol–water partition coefficient (Wildman–Crippen LogP) is 4.56. The number of hydrazone groups is 1. The third-order valence-electron chi connectivity index (χ3n) is 4.64. The van der Waals surface area contributed by atoms with Gasteiger partial charge in [-0.2, -0.15) is 5.10 Å². The van der Waals surface area contributed by atoms with E-state index in [1.165, 1.54) is 25.5 Å². The number of nitrogens with one attached hydrogen (secondary N) is 1. The second-order valence-corrected chi connectivity index (χ2v) is 7.07. The molecule has 9 heteroatoms. The van der Waals surface area contributed by atoms with Gasteiger partial charge >= 0.3 is 0 Å². The predicted molar refractivity (Wildman–Crippen MR) is 116 cm³/mol. The quantitative estimate of drug-likeness (QED) is 0.416. The second kappa shape index (κ2) is 9.57. The summed E-state index contributed by atoms with van der Waals surface area (Å²) in [6.07, 6.45) is 1.46. The summed E-state index contributed by atoms with van der Waals surface area (Å²) in [5, 5.41) is 4.26. The Morgan fingerprint density at radius 3 is 2.81 bits per heavy atom. The number of fused-ring (bicyclic) bond motifs is 1. The van der Waals surface area contributed by atoms with Gasteiger partial charge in [0.15, 0.2) is 23.0 Å². The van der Waals surface area contributed by atoms with Crippen LogP contribution < -0.4 is 24.4 Å². The van der Waals surface area contributed by atoms with Crippen LogP contribution in [0.5, 0.6) is 23.0 Å². The molecule has 7 nitrogen and oxygen atoms in total. The first-order valence-corrected chi connectivity index (χ1v) is 9.89. The van der Waals surface area contributed by atoms with E-state index in [9.17, 15) is 9.18 Å². The molecule has 0 unspecified atom stereocenters. The topological polar surface area (TPSA) is 78.4 Å². The standard InChI is InChI=1S/C23H18ClFN2O5/c1-29-21-9-14(5-7-19(21)30-12-16-17(24)3-2-4-18(16)25)11-26-27-23(28)15-6-8-20-22(10-15)32-13-31-20/h2-11H,12-13H2,1H3,(H,27,28)/b26-11-. The average Bonchev–Trinajstić information content (AvgIpc) is 3.27. The van der Waals surface area contributed by atoms with Gasteiger partial charge in [0.2, 0.25) is 6.79 Å². The highest BCUT2D eigenvalue weighted by Gasteiger charge is 2.16. The molecule has 164 valence electrons. The van der Waals surface area contributed by atoms with E-state index >= 15 is 0 Å². The van der Waals surface area contributed by atoms with Crippen molar-refractivity contribution in [2.24, 2.45) is 5.10 Å². The minimum Gasteiger partial charge on any atom is -0.493 e. The molecule has 0 aromatic heterocycles. The van der Waals surface area contributed by atoms with Crippen LogP contribution in [0, 0.1) is 5.82 Å². The number of hydrogen-bond donors (Lipinski definition) is 1. The van der Waals surface area contributed by atoms with Crippen LogP contribution >= 0.6 is 11.6 Å². The summed E-state index contributed by atoms with van der Waals surface area (Å²) in [6.45, 7) is 0.0777. The lowest BCUT2D eigenvalue weighted by Crippen LogP contribution is -2.17. The zero-order valence-corrected chi connectivity index (χ0v) is 17.7. The Morgan fingerprint density at radius 2 is 2.00 bits per heavy atom. The van der Waals surface area contributed by atoms with E-state index < -0.39 is 11.7 Å². The molecule has 0 saturated carbocycles. The summed E-state index contributed by atoms with van der Waals surface area (Å²) < 4.78 is 35.5. The van der Waals surface area contributed by atoms with Crippen LogP contribution in [0.25, 0.3) is 0 Å². The molecule has 4 rings (SSSR count). The number of hydrogen-bond acceptors (Lipinski definition) is 6. The lowest BCUT2D eigenvalue weighted by molar-refractivity contribution is 0.0954. The molecule has 0 fully saturated rings. The Labute approximate surface area is 188 Å². The normalized spacial score (nSPS) is 12.1.